The second kappa shape index (κ2) is 7.52. The average molecular weight is 385 g/mol. The normalized spacial score (nSPS) is 23.8. The minimum absolute atomic E-state index is 0.00994. The summed E-state index contributed by atoms with van der Waals surface area (Å²) in [5.74, 6) is -0.490. The molecule has 0 spiro atoms. The number of halogens is 2. The van der Waals surface area contributed by atoms with Gasteiger partial charge in [0.05, 0.1) is 16.6 Å². The molecule has 2 atom stereocenters. The Morgan fingerprint density at radius 1 is 1.28 bits per heavy atom. The average Bonchev–Trinajstić information content (AvgIpc) is 3.36. The van der Waals surface area contributed by atoms with Crippen LogP contribution in [-0.2, 0) is 9.59 Å². The molecule has 1 N–H and O–H groups in total. The molecule has 1 aromatic rings. The van der Waals surface area contributed by atoms with Gasteiger partial charge in [-0.15, -0.1) is 0 Å². The molecule has 1 amide bonds. The zero-order valence-corrected chi connectivity index (χ0v) is 15.6. The Balaban J connectivity index is 1.54. The largest absolute Gasteiger partial charge is 0.480 e. The smallest absolute Gasteiger partial charge is 0.317 e. The van der Waals surface area contributed by atoms with E-state index in [9.17, 15) is 9.59 Å². The summed E-state index contributed by atoms with van der Waals surface area (Å²) in [7, 11) is 1.83. The van der Waals surface area contributed by atoms with Crippen LogP contribution >= 0.6 is 23.2 Å². The van der Waals surface area contributed by atoms with Gasteiger partial charge in [0.1, 0.15) is 0 Å². The zero-order valence-electron chi connectivity index (χ0n) is 14.1. The summed E-state index contributed by atoms with van der Waals surface area (Å²) in [5, 5.41) is 9.97. The first-order chi connectivity index (χ1) is 11.9. The first-order valence-electron chi connectivity index (χ1n) is 8.53. The molecular formula is C18H22Cl2N2O3. The third-order valence-electron chi connectivity index (χ3n) is 5.27. The van der Waals surface area contributed by atoms with Crippen LogP contribution < -0.4 is 0 Å². The van der Waals surface area contributed by atoms with E-state index in [2.05, 4.69) is 0 Å². The molecule has 0 unspecified atom stereocenters. The third-order valence-corrected chi connectivity index (χ3v) is 6.11. The van der Waals surface area contributed by atoms with Gasteiger partial charge in [-0.1, -0.05) is 35.3 Å². The molecule has 7 heteroatoms. The first-order valence-corrected chi connectivity index (χ1v) is 9.28. The van der Waals surface area contributed by atoms with Gasteiger partial charge >= 0.3 is 5.97 Å². The molecule has 0 bridgehead atoms. The van der Waals surface area contributed by atoms with Gasteiger partial charge < -0.3 is 10.0 Å². The fraction of sp³-hybridized carbons (Fsp3) is 0.556. The van der Waals surface area contributed by atoms with Crippen LogP contribution in [0.4, 0.5) is 0 Å². The van der Waals surface area contributed by atoms with Crippen molar-refractivity contribution in [3.8, 4) is 0 Å². The number of carbonyl (C=O) groups excluding carboxylic acids is 1. The van der Waals surface area contributed by atoms with Gasteiger partial charge in [0.2, 0.25) is 5.91 Å². The molecule has 3 rings (SSSR count). The minimum Gasteiger partial charge on any atom is -0.480 e. The number of benzene rings is 1. The maximum absolute atomic E-state index is 12.7. The Hall–Kier alpha value is -1.30. The van der Waals surface area contributed by atoms with Gasteiger partial charge in [0, 0.05) is 25.0 Å². The van der Waals surface area contributed by atoms with E-state index >= 15 is 0 Å². The lowest BCUT2D eigenvalue weighted by Crippen LogP contribution is -2.47. The lowest BCUT2D eigenvalue weighted by molar-refractivity contribution is -0.140. The Kier molecular flexibility index (Phi) is 5.56. The molecule has 1 aliphatic heterocycles. The van der Waals surface area contributed by atoms with E-state index in [1.54, 1.807) is 6.07 Å². The second-order valence-corrected chi connectivity index (χ2v) is 7.74. The molecule has 1 saturated carbocycles. The third kappa shape index (κ3) is 4.10. The van der Waals surface area contributed by atoms with E-state index in [1.807, 2.05) is 29.0 Å². The Labute approximate surface area is 157 Å². The quantitative estimate of drug-likeness (QED) is 0.846. The van der Waals surface area contributed by atoms with Gasteiger partial charge in [0.15, 0.2) is 0 Å². The number of amides is 1. The topological polar surface area (TPSA) is 60.9 Å². The van der Waals surface area contributed by atoms with Crippen LogP contribution in [0.5, 0.6) is 0 Å². The number of hydrogen-bond acceptors (Lipinski definition) is 3. The summed E-state index contributed by atoms with van der Waals surface area (Å²) in [6.45, 7) is 1.40. The van der Waals surface area contributed by atoms with Crippen LogP contribution in [0, 0.1) is 5.92 Å². The monoisotopic (exact) mass is 384 g/mol. The van der Waals surface area contributed by atoms with Crippen LogP contribution in [0.1, 0.15) is 30.7 Å². The molecule has 0 aromatic heterocycles. The number of aliphatic carboxylic acids is 1. The molecular weight excluding hydrogens is 363 g/mol. The molecule has 2 aliphatic rings. The summed E-state index contributed by atoms with van der Waals surface area (Å²) < 4.78 is 0. The maximum Gasteiger partial charge on any atom is 0.317 e. The number of carboxylic acid groups (broad SMARTS) is 1. The van der Waals surface area contributed by atoms with Crippen molar-refractivity contribution in [3.05, 3.63) is 33.8 Å². The van der Waals surface area contributed by atoms with Crippen molar-refractivity contribution in [3.63, 3.8) is 0 Å². The number of hydrogen-bond donors (Lipinski definition) is 1. The Morgan fingerprint density at radius 2 is 1.96 bits per heavy atom. The van der Waals surface area contributed by atoms with Crippen molar-refractivity contribution < 1.29 is 14.7 Å². The lowest BCUT2D eigenvalue weighted by atomic mass is 10.0. The summed E-state index contributed by atoms with van der Waals surface area (Å²) in [6, 6.07) is 5.79. The van der Waals surface area contributed by atoms with Crippen molar-refractivity contribution in [1.82, 2.24) is 9.80 Å². The minimum atomic E-state index is -0.819. The van der Waals surface area contributed by atoms with Crippen molar-refractivity contribution in [2.24, 2.45) is 5.92 Å². The van der Waals surface area contributed by atoms with E-state index in [-0.39, 0.29) is 30.3 Å². The molecule has 0 radical (unpaired) electrons. The van der Waals surface area contributed by atoms with Crippen molar-refractivity contribution >= 4 is 35.1 Å². The number of piperidine rings is 1. The summed E-state index contributed by atoms with van der Waals surface area (Å²) in [6.07, 6.45) is 2.44. The van der Waals surface area contributed by atoms with Gasteiger partial charge in [-0.05, 0) is 43.9 Å². The highest BCUT2D eigenvalue weighted by atomic mass is 35.5. The van der Waals surface area contributed by atoms with Crippen LogP contribution in [0.2, 0.25) is 10.0 Å². The summed E-state index contributed by atoms with van der Waals surface area (Å²) in [4.78, 5) is 27.3. The van der Waals surface area contributed by atoms with Gasteiger partial charge in [-0.25, -0.2) is 0 Å². The molecule has 1 aromatic carbocycles. The number of likely N-dealkylation sites (tertiary alicyclic amines) is 1. The predicted octanol–water partition coefficient (Wildman–Crippen LogP) is 3.10. The van der Waals surface area contributed by atoms with Crippen LogP contribution in [0.3, 0.4) is 0 Å². The van der Waals surface area contributed by atoms with Crippen LogP contribution in [0.15, 0.2) is 18.2 Å². The number of likely N-dealkylation sites (N-methyl/N-ethyl adjacent to an activating group) is 1. The Bertz CT molecular complexity index is 674. The highest BCUT2D eigenvalue weighted by Crippen LogP contribution is 2.51. The van der Waals surface area contributed by atoms with Crippen molar-refractivity contribution in [2.75, 3.05) is 26.7 Å². The van der Waals surface area contributed by atoms with E-state index < -0.39 is 5.97 Å². The fourth-order valence-corrected chi connectivity index (χ4v) is 4.17. The molecule has 25 heavy (non-hydrogen) atoms. The molecule has 2 fully saturated rings. The molecule has 1 aliphatic carbocycles. The second-order valence-electron chi connectivity index (χ2n) is 6.96. The number of rotatable bonds is 5. The highest BCUT2D eigenvalue weighted by Gasteiger charge is 2.47. The highest BCUT2D eigenvalue weighted by molar-refractivity contribution is 6.42. The summed E-state index contributed by atoms with van der Waals surface area (Å²) in [5.41, 5.74) is 0.962. The summed E-state index contributed by atoms with van der Waals surface area (Å²) >= 11 is 12.3. The maximum atomic E-state index is 12.7. The molecule has 136 valence electrons. The SMILES string of the molecule is CN(CC(=O)O)C1CCN(C(=O)[C@@H]2C[C@@H]2c2cccc(Cl)c2Cl)CC1. The zero-order chi connectivity index (χ0) is 18.1. The lowest BCUT2D eigenvalue weighted by Gasteiger charge is -2.36. The van der Waals surface area contributed by atoms with E-state index in [1.165, 1.54) is 0 Å². The number of carboxylic acids is 1. The van der Waals surface area contributed by atoms with Gasteiger partial charge in [-0.2, -0.15) is 0 Å². The number of carbonyl (C=O) groups is 2. The van der Waals surface area contributed by atoms with E-state index in [4.69, 9.17) is 28.3 Å². The fourth-order valence-electron chi connectivity index (χ4n) is 3.72. The van der Waals surface area contributed by atoms with Crippen LogP contribution in [-0.4, -0.2) is 59.5 Å². The Morgan fingerprint density at radius 3 is 2.60 bits per heavy atom. The van der Waals surface area contributed by atoms with Crippen molar-refractivity contribution in [2.45, 2.75) is 31.2 Å². The van der Waals surface area contributed by atoms with Crippen LogP contribution in [0.25, 0.3) is 0 Å². The van der Waals surface area contributed by atoms with E-state index in [0.717, 1.165) is 24.8 Å². The predicted molar refractivity (Wildman–Crippen MR) is 97.2 cm³/mol. The van der Waals surface area contributed by atoms with Gasteiger partial charge in [-0.3, -0.25) is 14.5 Å². The standard InChI is InChI=1S/C18H22Cl2N2O3/c1-21(10-16(23)24)11-5-7-22(8-6-11)18(25)14-9-13(14)12-3-2-4-15(19)17(12)20/h2-4,11,13-14H,5-10H2,1H3,(H,23,24)/t13-,14-/m1/s1. The van der Waals surface area contributed by atoms with Crippen molar-refractivity contribution in [1.29, 1.82) is 0 Å². The molecule has 1 heterocycles. The number of nitrogens with zero attached hydrogens (tertiary/aromatic N) is 2. The molecule has 5 nitrogen and oxygen atoms in total. The molecule has 1 saturated heterocycles. The van der Waals surface area contributed by atoms with Gasteiger partial charge in [0.25, 0.3) is 0 Å². The van der Waals surface area contributed by atoms with E-state index in [0.29, 0.717) is 23.1 Å². The first kappa shape index (κ1) is 18.5.